The van der Waals surface area contributed by atoms with Gasteiger partial charge in [0.05, 0.1) is 5.69 Å². The highest BCUT2D eigenvalue weighted by Crippen LogP contribution is 2.59. The minimum atomic E-state index is -2.28. The standard InChI is InChI=1S/C28H28FNP/c1-21-8-14-26(15-9-21)31(27-16-10-22(2)11-17-27,28-18-12-23(3)13-19-28)30(4)25-7-5-6-24(29)20-25/h5-20H,1-4H3/q+1. The van der Waals surface area contributed by atoms with Crippen LogP contribution in [0, 0.1) is 26.6 Å². The molecule has 0 spiro atoms. The maximum absolute atomic E-state index is 14.3. The van der Waals surface area contributed by atoms with E-state index in [9.17, 15) is 4.39 Å². The third kappa shape index (κ3) is 4.01. The summed E-state index contributed by atoms with van der Waals surface area (Å²) in [6.45, 7) is 6.33. The fourth-order valence-corrected chi connectivity index (χ4v) is 8.25. The lowest BCUT2D eigenvalue weighted by atomic mass is 10.2. The number of anilines is 1. The first-order valence-corrected chi connectivity index (χ1v) is 12.3. The Balaban J connectivity index is 2.08. The van der Waals surface area contributed by atoms with Crippen LogP contribution >= 0.6 is 7.41 Å². The van der Waals surface area contributed by atoms with E-state index < -0.39 is 7.41 Å². The Morgan fingerprint density at radius 3 is 1.32 bits per heavy atom. The van der Waals surface area contributed by atoms with E-state index >= 15 is 0 Å². The first-order chi connectivity index (χ1) is 14.9. The molecule has 4 rings (SSSR count). The zero-order chi connectivity index (χ0) is 22.0. The van der Waals surface area contributed by atoms with Crippen molar-refractivity contribution < 1.29 is 4.39 Å². The molecule has 0 saturated carbocycles. The van der Waals surface area contributed by atoms with Gasteiger partial charge in [-0.25, -0.2) is 9.06 Å². The van der Waals surface area contributed by atoms with Gasteiger partial charge in [-0.3, -0.25) is 0 Å². The quantitative estimate of drug-likeness (QED) is 0.347. The van der Waals surface area contributed by atoms with Crippen molar-refractivity contribution >= 4 is 29.0 Å². The summed E-state index contributed by atoms with van der Waals surface area (Å²) in [5, 5.41) is 3.74. The molecule has 0 radical (unpaired) electrons. The normalized spacial score (nSPS) is 11.4. The summed E-state index contributed by atoms with van der Waals surface area (Å²) in [6, 6.07) is 33.4. The van der Waals surface area contributed by atoms with Crippen molar-refractivity contribution in [2.24, 2.45) is 0 Å². The number of aryl methyl sites for hydroxylation is 3. The summed E-state index contributed by atoms with van der Waals surface area (Å²) in [5.74, 6) is -0.223. The van der Waals surface area contributed by atoms with E-state index in [1.807, 2.05) is 6.07 Å². The number of hydrogen-bond acceptors (Lipinski definition) is 1. The van der Waals surface area contributed by atoms with Gasteiger partial charge in [-0.15, -0.1) is 0 Å². The summed E-state index contributed by atoms with van der Waals surface area (Å²) >= 11 is 0. The van der Waals surface area contributed by atoms with Gasteiger partial charge < -0.3 is 0 Å². The van der Waals surface area contributed by atoms with Gasteiger partial charge in [0.1, 0.15) is 21.7 Å². The van der Waals surface area contributed by atoms with Gasteiger partial charge in [-0.2, -0.15) is 0 Å². The summed E-state index contributed by atoms with van der Waals surface area (Å²) in [5.41, 5.74) is 4.55. The van der Waals surface area contributed by atoms with Crippen LogP contribution in [0.1, 0.15) is 16.7 Å². The highest BCUT2D eigenvalue weighted by atomic mass is 31.2. The second-order valence-corrected chi connectivity index (χ2v) is 11.6. The second kappa shape index (κ2) is 8.65. The lowest BCUT2D eigenvalue weighted by Crippen LogP contribution is -2.42. The Hall–Kier alpha value is -2.96. The zero-order valence-electron chi connectivity index (χ0n) is 18.5. The van der Waals surface area contributed by atoms with E-state index in [0.717, 1.165) is 5.69 Å². The first-order valence-electron chi connectivity index (χ1n) is 10.5. The van der Waals surface area contributed by atoms with Gasteiger partial charge in [0.15, 0.2) is 0 Å². The van der Waals surface area contributed by atoms with Crippen LogP contribution in [0.25, 0.3) is 0 Å². The summed E-state index contributed by atoms with van der Waals surface area (Å²) in [7, 11) is -0.180. The molecule has 3 heteroatoms. The molecule has 4 aromatic carbocycles. The fourth-order valence-electron chi connectivity index (χ4n) is 4.10. The van der Waals surface area contributed by atoms with Crippen LogP contribution in [0.3, 0.4) is 0 Å². The Labute approximate surface area is 185 Å². The van der Waals surface area contributed by atoms with E-state index in [-0.39, 0.29) is 5.82 Å². The molecule has 0 fully saturated rings. The molecule has 4 aromatic rings. The Morgan fingerprint density at radius 1 is 0.581 bits per heavy atom. The van der Waals surface area contributed by atoms with Gasteiger partial charge in [-0.05, 0) is 69.3 Å². The van der Waals surface area contributed by atoms with Crippen molar-refractivity contribution in [2.45, 2.75) is 20.8 Å². The molecule has 0 bridgehead atoms. The number of benzene rings is 4. The highest BCUT2D eigenvalue weighted by Gasteiger charge is 2.50. The topological polar surface area (TPSA) is 3.24 Å². The highest BCUT2D eigenvalue weighted by molar-refractivity contribution is 7.96. The van der Waals surface area contributed by atoms with Crippen molar-refractivity contribution in [2.75, 3.05) is 11.7 Å². The molecule has 0 heterocycles. The molecule has 0 aromatic heterocycles. The Bertz CT molecular complexity index is 1050. The van der Waals surface area contributed by atoms with Gasteiger partial charge >= 0.3 is 0 Å². The smallest absolute Gasteiger partial charge is 0.202 e. The monoisotopic (exact) mass is 428 g/mol. The average molecular weight is 429 g/mol. The van der Waals surface area contributed by atoms with Crippen molar-refractivity contribution in [3.8, 4) is 0 Å². The van der Waals surface area contributed by atoms with Crippen molar-refractivity contribution in [3.63, 3.8) is 0 Å². The molecular formula is C28H28FNP+. The van der Waals surface area contributed by atoms with Gasteiger partial charge in [0, 0.05) is 13.1 Å². The molecule has 1 nitrogen and oxygen atoms in total. The molecule has 0 amide bonds. The Kier molecular flexibility index (Phi) is 5.94. The van der Waals surface area contributed by atoms with Crippen LogP contribution in [0.2, 0.25) is 0 Å². The number of hydrogen-bond donors (Lipinski definition) is 0. The molecule has 0 unspecified atom stereocenters. The van der Waals surface area contributed by atoms with Crippen molar-refractivity contribution in [1.82, 2.24) is 0 Å². The second-order valence-electron chi connectivity index (χ2n) is 8.15. The van der Waals surface area contributed by atoms with E-state index in [2.05, 4.69) is 105 Å². The van der Waals surface area contributed by atoms with Crippen LogP contribution in [-0.2, 0) is 0 Å². The summed E-state index contributed by atoms with van der Waals surface area (Å²) in [4.78, 5) is 0. The van der Waals surface area contributed by atoms with Gasteiger partial charge in [0.25, 0.3) is 0 Å². The average Bonchev–Trinajstić information content (AvgIpc) is 2.77. The molecule has 0 saturated heterocycles. The molecule has 0 atom stereocenters. The van der Waals surface area contributed by atoms with Crippen molar-refractivity contribution in [3.05, 3.63) is 120 Å². The Morgan fingerprint density at radius 2 is 0.968 bits per heavy atom. The van der Waals surface area contributed by atoms with Crippen LogP contribution in [0.5, 0.6) is 0 Å². The molecule has 0 aliphatic carbocycles. The van der Waals surface area contributed by atoms with E-state index in [0.29, 0.717) is 0 Å². The molecule has 0 N–H and O–H groups in total. The molecular weight excluding hydrogens is 400 g/mol. The predicted molar refractivity (Wildman–Crippen MR) is 134 cm³/mol. The maximum Gasteiger partial charge on any atom is 0.202 e. The molecule has 156 valence electrons. The van der Waals surface area contributed by atoms with Crippen LogP contribution < -0.4 is 20.6 Å². The van der Waals surface area contributed by atoms with E-state index in [1.54, 1.807) is 12.1 Å². The lowest BCUT2D eigenvalue weighted by Gasteiger charge is -2.36. The minimum Gasteiger partial charge on any atom is -0.237 e. The van der Waals surface area contributed by atoms with Crippen LogP contribution in [0.15, 0.2) is 97.1 Å². The molecule has 31 heavy (non-hydrogen) atoms. The first kappa shape index (κ1) is 21.3. The minimum absolute atomic E-state index is 0.223. The molecule has 0 aliphatic heterocycles. The maximum atomic E-state index is 14.3. The summed E-state index contributed by atoms with van der Waals surface area (Å²) in [6.07, 6.45) is 0. The predicted octanol–water partition coefficient (Wildman–Crippen LogP) is 6.10. The number of rotatable bonds is 5. The molecule has 0 aliphatic rings. The lowest BCUT2D eigenvalue weighted by molar-refractivity contribution is 0.628. The fraction of sp³-hybridized carbons (Fsp3) is 0.143. The number of nitrogens with zero attached hydrogens (tertiary/aromatic N) is 1. The van der Waals surface area contributed by atoms with E-state index in [4.69, 9.17) is 0 Å². The third-order valence-corrected chi connectivity index (χ3v) is 10.1. The summed E-state index contributed by atoms with van der Waals surface area (Å²) < 4.78 is 16.6. The largest absolute Gasteiger partial charge is 0.237 e. The number of halogens is 1. The third-order valence-electron chi connectivity index (χ3n) is 5.85. The van der Waals surface area contributed by atoms with Crippen LogP contribution in [0.4, 0.5) is 10.1 Å². The van der Waals surface area contributed by atoms with Gasteiger partial charge in [-0.1, -0.05) is 59.2 Å². The van der Waals surface area contributed by atoms with Crippen molar-refractivity contribution in [1.29, 1.82) is 0 Å². The van der Waals surface area contributed by atoms with Gasteiger partial charge in [0.2, 0.25) is 7.41 Å². The SMILES string of the molecule is Cc1ccc([P+](c2ccc(C)cc2)(c2ccc(C)cc2)N(C)c2cccc(F)c2)cc1. The zero-order valence-corrected chi connectivity index (χ0v) is 19.4. The van der Waals surface area contributed by atoms with Crippen LogP contribution in [-0.4, -0.2) is 7.05 Å². The van der Waals surface area contributed by atoms with E-state index in [1.165, 1.54) is 38.7 Å².